The van der Waals surface area contributed by atoms with E-state index in [2.05, 4.69) is 12.2 Å². The van der Waals surface area contributed by atoms with Crippen molar-refractivity contribution < 1.29 is 14.8 Å². The quantitative estimate of drug-likeness (QED) is 0.651. The summed E-state index contributed by atoms with van der Waals surface area (Å²) in [6.45, 7) is 2.21. The van der Waals surface area contributed by atoms with E-state index >= 15 is 0 Å². The Balaban J connectivity index is 2.18. The average Bonchev–Trinajstić information content (AvgIpc) is 2.41. The Morgan fingerprint density at radius 1 is 1.35 bits per heavy atom. The van der Waals surface area contributed by atoms with Gasteiger partial charge >= 0.3 is 5.97 Å². The second-order valence-electron chi connectivity index (χ2n) is 5.39. The number of nitrogens with zero attached hydrogens (tertiary/aromatic N) is 1. The fraction of sp³-hybridized carbons (Fsp3) is 0.500. The first-order chi connectivity index (χ1) is 9.47. The molecule has 6 nitrogen and oxygen atoms in total. The lowest BCUT2D eigenvalue weighted by atomic mass is 9.87. The summed E-state index contributed by atoms with van der Waals surface area (Å²) in [5, 5.41) is 23.1. The molecule has 1 aliphatic rings. The van der Waals surface area contributed by atoms with Gasteiger partial charge in [0.05, 0.1) is 10.5 Å². The predicted octanol–water partition coefficient (Wildman–Crippen LogP) is 3.28. The molecule has 20 heavy (non-hydrogen) atoms. The maximum absolute atomic E-state index is 11.2. The van der Waals surface area contributed by atoms with Crippen LogP contribution in [-0.4, -0.2) is 22.0 Å². The molecule has 1 saturated carbocycles. The van der Waals surface area contributed by atoms with Crippen LogP contribution in [0.3, 0.4) is 0 Å². The highest BCUT2D eigenvalue weighted by Gasteiger charge is 2.21. The Bertz CT molecular complexity index is 522. The summed E-state index contributed by atoms with van der Waals surface area (Å²) < 4.78 is 0. The zero-order chi connectivity index (χ0) is 14.7. The first-order valence-corrected chi connectivity index (χ1v) is 6.75. The molecular weight excluding hydrogens is 260 g/mol. The monoisotopic (exact) mass is 278 g/mol. The fourth-order valence-electron chi connectivity index (χ4n) is 2.57. The predicted molar refractivity (Wildman–Crippen MR) is 75.1 cm³/mol. The number of non-ortho nitro benzene ring substituents is 1. The SMILES string of the molecule is CC1CCC(Nc2ccc([N+](=O)[O-])cc2C(=O)O)CC1. The van der Waals surface area contributed by atoms with Gasteiger partial charge in [-0.25, -0.2) is 4.79 Å². The number of benzene rings is 1. The zero-order valence-electron chi connectivity index (χ0n) is 11.3. The lowest BCUT2D eigenvalue weighted by Crippen LogP contribution is -2.26. The summed E-state index contributed by atoms with van der Waals surface area (Å²) in [5.74, 6) is -0.441. The molecule has 1 aromatic carbocycles. The van der Waals surface area contributed by atoms with Crippen LogP contribution in [0.4, 0.5) is 11.4 Å². The zero-order valence-corrected chi connectivity index (χ0v) is 11.3. The van der Waals surface area contributed by atoms with Crippen molar-refractivity contribution in [1.82, 2.24) is 0 Å². The molecule has 1 aromatic rings. The highest BCUT2D eigenvalue weighted by atomic mass is 16.6. The fourth-order valence-corrected chi connectivity index (χ4v) is 2.57. The first-order valence-electron chi connectivity index (χ1n) is 6.75. The smallest absolute Gasteiger partial charge is 0.338 e. The molecular formula is C14H18N2O4. The standard InChI is InChI=1S/C14H18N2O4/c1-9-2-4-10(5-3-9)15-13-7-6-11(16(19)20)8-12(13)14(17)18/h6-10,15H,2-5H2,1H3,(H,17,18). The summed E-state index contributed by atoms with van der Waals surface area (Å²) >= 11 is 0. The Labute approximate surface area is 117 Å². The highest BCUT2D eigenvalue weighted by Crippen LogP contribution is 2.28. The van der Waals surface area contributed by atoms with Gasteiger partial charge in [-0.05, 0) is 37.7 Å². The van der Waals surface area contributed by atoms with Crippen molar-refractivity contribution in [1.29, 1.82) is 0 Å². The normalized spacial score (nSPS) is 22.2. The number of carbonyl (C=O) groups is 1. The molecule has 0 bridgehead atoms. The second-order valence-corrected chi connectivity index (χ2v) is 5.39. The van der Waals surface area contributed by atoms with Gasteiger partial charge in [0, 0.05) is 23.9 Å². The van der Waals surface area contributed by atoms with Gasteiger partial charge in [-0.1, -0.05) is 6.92 Å². The van der Waals surface area contributed by atoms with Crippen molar-refractivity contribution in [3.05, 3.63) is 33.9 Å². The first kappa shape index (κ1) is 14.3. The minimum absolute atomic E-state index is 0.0437. The molecule has 1 fully saturated rings. The van der Waals surface area contributed by atoms with E-state index < -0.39 is 10.9 Å². The summed E-state index contributed by atoms with van der Waals surface area (Å²) in [4.78, 5) is 21.3. The third-order valence-electron chi connectivity index (χ3n) is 3.82. The summed E-state index contributed by atoms with van der Waals surface area (Å²) in [6, 6.07) is 4.17. The van der Waals surface area contributed by atoms with E-state index in [1.54, 1.807) is 0 Å². The molecule has 0 radical (unpaired) electrons. The number of carboxylic acids is 1. The number of anilines is 1. The van der Waals surface area contributed by atoms with Crippen LogP contribution in [0.2, 0.25) is 0 Å². The van der Waals surface area contributed by atoms with E-state index in [9.17, 15) is 20.0 Å². The molecule has 0 aromatic heterocycles. The molecule has 0 unspecified atom stereocenters. The number of nitro groups is 1. The Kier molecular flexibility index (Phi) is 4.22. The van der Waals surface area contributed by atoms with Crippen molar-refractivity contribution in [2.24, 2.45) is 5.92 Å². The number of hydrogen-bond donors (Lipinski definition) is 2. The van der Waals surface area contributed by atoms with E-state index in [0.717, 1.165) is 31.7 Å². The lowest BCUT2D eigenvalue weighted by Gasteiger charge is -2.28. The van der Waals surface area contributed by atoms with Crippen molar-refractivity contribution >= 4 is 17.3 Å². The van der Waals surface area contributed by atoms with E-state index in [4.69, 9.17) is 0 Å². The molecule has 108 valence electrons. The van der Waals surface area contributed by atoms with Crippen molar-refractivity contribution in [2.75, 3.05) is 5.32 Å². The summed E-state index contributed by atoms with van der Waals surface area (Å²) in [6.07, 6.45) is 4.23. The van der Waals surface area contributed by atoms with Crippen LogP contribution in [-0.2, 0) is 0 Å². The van der Waals surface area contributed by atoms with Crippen LogP contribution >= 0.6 is 0 Å². The van der Waals surface area contributed by atoms with Crippen LogP contribution in [0.15, 0.2) is 18.2 Å². The van der Waals surface area contributed by atoms with E-state index in [1.165, 1.54) is 12.1 Å². The highest BCUT2D eigenvalue weighted by molar-refractivity contribution is 5.95. The van der Waals surface area contributed by atoms with Gasteiger partial charge in [-0.15, -0.1) is 0 Å². The molecule has 0 saturated heterocycles. The van der Waals surface area contributed by atoms with E-state index in [1.807, 2.05) is 0 Å². The second kappa shape index (κ2) is 5.90. The van der Waals surface area contributed by atoms with Gasteiger partial charge < -0.3 is 10.4 Å². The Morgan fingerprint density at radius 2 is 2.00 bits per heavy atom. The minimum atomic E-state index is -1.15. The van der Waals surface area contributed by atoms with Gasteiger partial charge in [-0.3, -0.25) is 10.1 Å². The maximum Gasteiger partial charge on any atom is 0.338 e. The number of carboxylic acid groups (broad SMARTS) is 1. The third-order valence-corrected chi connectivity index (χ3v) is 3.82. The molecule has 0 atom stereocenters. The molecule has 1 aliphatic carbocycles. The van der Waals surface area contributed by atoms with Gasteiger partial charge in [0.1, 0.15) is 0 Å². The van der Waals surface area contributed by atoms with Gasteiger partial charge in [0.2, 0.25) is 0 Å². The molecule has 6 heteroatoms. The largest absolute Gasteiger partial charge is 0.478 e. The van der Waals surface area contributed by atoms with Crippen LogP contribution in [0.25, 0.3) is 0 Å². The molecule has 2 N–H and O–H groups in total. The summed E-state index contributed by atoms with van der Waals surface area (Å²) in [7, 11) is 0. The van der Waals surface area contributed by atoms with Crippen molar-refractivity contribution in [3.8, 4) is 0 Å². The van der Waals surface area contributed by atoms with Crippen LogP contribution < -0.4 is 5.32 Å². The Hall–Kier alpha value is -2.11. The number of nitro benzene ring substituents is 1. The average molecular weight is 278 g/mol. The molecule has 0 amide bonds. The molecule has 0 aliphatic heterocycles. The number of rotatable bonds is 4. The van der Waals surface area contributed by atoms with Crippen molar-refractivity contribution in [3.63, 3.8) is 0 Å². The summed E-state index contributed by atoms with van der Waals surface area (Å²) in [5.41, 5.74) is 0.214. The van der Waals surface area contributed by atoms with Gasteiger partial charge in [0.15, 0.2) is 0 Å². The van der Waals surface area contributed by atoms with E-state index in [0.29, 0.717) is 11.6 Å². The minimum Gasteiger partial charge on any atom is -0.478 e. The molecule has 0 heterocycles. The Morgan fingerprint density at radius 3 is 2.55 bits per heavy atom. The number of nitrogens with one attached hydrogen (secondary N) is 1. The van der Waals surface area contributed by atoms with Crippen LogP contribution in [0.1, 0.15) is 43.0 Å². The van der Waals surface area contributed by atoms with E-state index in [-0.39, 0.29) is 17.3 Å². The van der Waals surface area contributed by atoms with Gasteiger partial charge in [-0.2, -0.15) is 0 Å². The third kappa shape index (κ3) is 3.26. The molecule has 0 spiro atoms. The van der Waals surface area contributed by atoms with Crippen LogP contribution in [0.5, 0.6) is 0 Å². The van der Waals surface area contributed by atoms with Crippen molar-refractivity contribution in [2.45, 2.75) is 38.6 Å². The lowest BCUT2D eigenvalue weighted by molar-refractivity contribution is -0.384. The number of hydrogen-bond acceptors (Lipinski definition) is 4. The topological polar surface area (TPSA) is 92.5 Å². The number of aromatic carboxylic acids is 1. The van der Waals surface area contributed by atoms with Crippen LogP contribution in [0, 0.1) is 16.0 Å². The maximum atomic E-state index is 11.2. The van der Waals surface area contributed by atoms with Gasteiger partial charge in [0.25, 0.3) is 5.69 Å². The molecule has 2 rings (SSSR count).